The first-order valence-electron chi connectivity index (χ1n) is 8.05. The second-order valence-corrected chi connectivity index (χ2v) is 6.98. The van der Waals surface area contributed by atoms with Crippen molar-refractivity contribution in [2.24, 2.45) is 0 Å². The molecule has 1 aromatic carbocycles. The number of imide groups is 2. The van der Waals surface area contributed by atoms with Crippen LogP contribution in [0.1, 0.15) is 20.3 Å². The number of hydrogen-bond donors (Lipinski definition) is 1. The number of urea groups is 1. The van der Waals surface area contributed by atoms with Gasteiger partial charge in [0.25, 0.3) is 0 Å². The normalized spacial score (nSPS) is 14.6. The maximum atomic E-state index is 12.1. The zero-order valence-corrected chi connectivity index (χ0v) is 15.0. The zero-order valence-electron chi connectivity index (χ0n) is 14.2. The summed E-state index contributed by atoms with van der Waals surface area (Å²) < 4.78 is 0. The molecule has 1 aliphatic rings. The number of nitrogens with one attached hydrogen (secondary N) is 1. The van der Waals surface area contributed by atoms with Crippen molar-refractivity contribution in [3.8, 4) is 0 Å². The summed E-state index contributed by atoms with van der Waals surface area (Å²) in [6.45, 7) is 3.28. The molecule has 25 heavy (non-hydrogen) atoms. The number of carbonyl (C=O) groups is 4. The van der Waals surface area contributed by atoms with Crippen molar-refractivity contribution < 1.29 is 19.2 Å². The maximum absolute atomic E-state index is 12.1. The first-order valence-corrected chi connectivity index (χ1v) is 9.04. The Labute approximate surface area is 150 Å². The summed E-state index contributed by atoms with van der Waals surface area (Å²) in [4.78, 5) is 50.3. The Morgan fingerprint density at radius 2 is 1.80 bits per heavy atom. The lowest BCUT2D eigenvalue weighted by Gasteiger charge is -2.18. The van der Waals surface area contributed by atoms with E-state index >= 15 is 0 Å². The Morgan fingerprint density at radius 3 is 2.40 bits per heavy atom. The van der Waals surface area contributed by atoms with E-state index < -0.39 is 36.3 Å². The lowest BCUT2D eigenvalue weighted by molar-refractivity contribution is -0.144. The fourth-order valence-electron chi connectivity index (χ4n) is 2.32. The molecule has 0 unspecified atom stereocenters. The average molecular weight is 363 g/mol. The van der Waals surface area contributed by atoms with Crippen molar-refractivity contribution in [3.05, 3.63) is 30.3 Å². The lowest BCUT2D eigenvalue weighted by Crippen LogP contribution is -2.42. The summed E-state index contributed by atoms with van der Waals surface area (Å²) in [7, 11) is 0. The highest BCUT2D eigenvalue weighted by atomic mass is 32.2. The minimum atomic E-state index is -0.950. The fourth-order valence-corrected chi connectivity index (χ4v) is 3.20. The summed E-state index contributed by atoms with van der Waals surface area (Å²) in [6.07, 6.45) is 0.754. The molecule has 1 fully saturated rings. The van der Waals surface area contributed by atoms with Gasteiger partial charge >= 0.3 is 17.8 Å². The first-order chi connectivity index (χ1) is 11.9. The topological polar surface area (TPSA) is 86.8 Å². The van der Waals surface area contributed by atoms with Crippen molar-refractivity contribution in [2.45, 2.75) is 31.2 Å². The Morgan fingerprint density at radius 1 is 1.12 bits per heavy atom. The van der Waals surface area contributed by atoms with Crippen LogP contribution in [0.25, 0.3) is 0 Å². The third kappa shape index (κ3) is 4.82. The van der Waals surface area contributed by atoms with Gasteiger partial charge in [-0.15, -0.1) is 11.8 Å². The van der Waals surface area contributed by atoms with Crippen molar-refractivity contribution in [1.29, 1.82) is 0 Å². The molecule has 134 valence electrons. The monoisotopic (exact) mass is 363 g/mol. The standard InChI is InChI=1S/C17H21N3O4S/c1-12(2)20-16(23)15(22)19(17(20)24)11-14(21)18-9-6-10-25-13-7-4-3-5-8-13/h3-5,7-8,12H,6,9-11H2,1-2H3,(H,18,21). The average Bonchev–Trinajstić information content (AvgIpc) is 2.79. The zero-order chi connectivity index (χ0) is 18.4. The predicted octanol–water partition coefficient (Wildman–Crippen LogP) is 1.48. The van der Waals surface area contributed by atoms with E-state index in [9.17, 15) is 19.2 Å². The highest BCUT2D eigenvalue weighted by Gasteiger charge is 2.46. The van der Waals surface area contributed by atoms with Crippen LogP contribution in [0.5, 0.6) is 0 Å². The van der Waals surface area contributed by atoms with E-state index in [4.69, 9.17) is 0 Å². The van der Waals surface area contributed by atoms with Gasteiger partial charge < -0.3 is 5.32 Å². The quantitative estimate of drug-likeness (QED) is 0.327. The van der Waals surface area contributed by atoms with E-state index in [2.05, 4.69) is 5.32 Å². The van der Waals surface area contributed by atoms with Crippen LogP contribution in [0.3, 0.4) is 0 Å². The van der Waals surface area contributed by atoms with E-state index in [1.807, 2.05) is 30.3 Å². The largest absolute Gasteiger partial charge is 0.355 e. The van der Waals surface area contributed by atoms with Crippen LogP contribution in [0.15, 0.2) is 35.2 Å². The van der Waals surface area contributed by atoms with Gasteiger partial charge in [0.1, 0.15) is 6.54 Å². The van der Waals surface area contributed by atoms with Crippen molar-refractivity contribution in [2.75, 3.05) is 18.8 Å². The predicted molar refractivity (Wildman–Crippen MR) is 93.9 cm³/mol. The van der Waals surface area contributed by atoms with E-state index in [0.29, 0.717) is 11.4 Å². The van der Waals surface area contributed by atoms with Crippen molar-refractivity contribution in [1.82, 2.24) is 15.1 Å². The maximum Gasteiger partial charge on any atom is 0.334 e. The van der Waals surface area contributed by atoms with Crippen LogP contribution in [-0.4, -0.2) is 58.4 Å². The Bertz CT molecular complexity index is 663. The Kier molecular flexibility index (Phi) is 6.58. The van der Waals surface area contributed by atoms with Gasteiger partial charge in [-0.2, -0.15) is 0 Å². The molecule has 0 radical (unpaired) electrons. The molecule has 0 spiro atoms. The third-order valence-corrected chi connectivity index (χ3v) is 4.66. The molecule has 0 atom stereocenters. The van der Waals surface area contributed by atoms with E-state index in [-0.39, 0.29) is 0 Å². The number of thioether (sulfide) groups is 1. The minimum absolute atomic E-state index is 0.424. The summed E-state index contributed by atoms with van der Waals surface area (Å²) in [5.41, 5.74) is 0. The molecular formula is C17H21N3O4S. The molecule has 1 N–H and O–H groups in total. The molecule has 1 heterocycles. The number of benzene rings is 1. The van der Waals surface area contributed by atoms with E-state index in [0.717, 1.165) is 22.0 Å². The second kappa shape index (κ2) is 8.66. The molecule has 7 nitrogen and oxygen atoms in total. The molecule has 0 aromatic heterocycles. The molecule has 2 rings (SSSR count). The highest BCUT2D eigenvalue weighted by Crippen LogP contribution is 2.17. The molecule has 1 saturated heterocycles. The number of rotatable bonds is 8. The smallest absolute Gasteiger partial charge is 0.334 e. The molecule has 5 amide bonds. The van der Waals surface area contributed by atoms with Crippen LogP contribution in [0, 0.1) is 0 Å². The molecule has 0 saturated carbocycles. The third-order valence-electron chi connectivity index (χ3n) is 3.56. The number of nitrogens with zero attached hydrogens (tertiary/aromatic N) is 2. The molecule has 8 heteroatoms. The SMILES string of the molecule is CC(C)N1C(=O)C(=O)N(CC(=O)NCCCSc2ccccc2)C1=O. The first kappa shape index (κ1) is 19.0. The van der Waals surface area contributed by atoms with Gasteiger partial charge in [0, 0.05) is 17.5 Å². The molecule has 1 aromatic rings. The van der Waals surface area contributed by atoms with Crippen LogP contribution >= 0.6 is 11.8 Å². The fraction of sp³-hybridized carbons (Fsp3) is 0.412. The summed E-state index contributed by atoms with van der Waals surface area (Å²) >= 11 is 1.69. The van der Waals surface area contributed by atoms with Crippen LogP contribution in [0.4, 0.5) is 4.79 Å². The Balaban J connectivity index is 1.72. The van der Waals surface area contributed by atoms with Crippen LogP contribution < -0.4 is 5.32 Å². The molecular weight excluding hydrogens is 342 g/mol. The second-order valence-electron chi connectivity index (χ2n) is 5.81. The number of carbonyl (C=O) groups excluding carboxylic acids is 4. The van der Waals surface area contributed by atoms with Gasteiger partial charge in [0.05, 0.1) is 0 Å². The summed E-state index contributed by atoms with van der Waals surface area (Å²) in [5.74, 6) is -1.45. The van der Waals surface area contributed by atoms with Crippen molar-refractivity contribution in [3.63, 3.8) is 0 Å². The highest BCUT2D eigenvalue weighted by molar-refractivity contribution is 7.99. The van der Waals surface area contributed by atoms with Crippen molar-refractivity contribution >= 4 is 35.5 Å². The van der Waals surface area contributed by atoms with Gasteiger partial charge in [-0.05, 0) is 38.2 Å². The van der Waals surface area contributed by atoms with Gasteiger partial charge in [-0.1, -0.05) is 18.2 Å². The summed E-state index contributed by atoms with van der Waals surface area (Å²) in [6, 6.07) is 8.77. The number of amides is 5. The van der Waals surface area contributed by atoms with E-state index in [1.165, 1.54) is 0 Å². The molecule has 0 aliphatic carbocycles. The summed E-state index contributed by atoms with van der Waals surface area (Å²) in [5, 5.41) is 2.67. The van der Waals surface area contributed by atoms with Gasteiger partial charge in [-0.25, -0.2) is 9.69 Å². The number of hydrogen-bond acceptors (Lipinski definition) is 5. The van der Waals surface area contributed by atoms with Gasteiger partial charge in [0.15, 0.2) is 0 Å². The van der Waals surface area contributed by atoms with Gasteiger partial charge in [0.2, 0.25) is 5.91 Å². The molecule has 0 bridgehead atoms. The van der Waals surface area contributed by atoms with Gasteiger partial charge in [-0.3, -0.25) is 19.3 Å². The minimum Gasteiger partial charge on any atom is -0.355 e. The van der Waals surface area contributed by atoms with Crippen LogP contribution in [-0.2, 0) is 14.4 Å². The van der Waals surface area contributed by atoms with E-state index in [1.54, 1.807) is 25.6 Å². The van der Waals surface area contributed by atoms with Crippen LogP contribution in [0.2, 0.25) is 0 Å². The Hall–Kier alpha value is -2.35. The molecule has 1 aliphatic heterocycles. The lowest BCUT2D eigenvalue weighted by atomic mass is 10.3.